The SMILES string of the molecule is CC[C@H](NC(=O)Cc1c(C)c2ccc(OC)cc2oc1=O)C(=O)O. The maximum Gasteiger partial charge on any atom is 0.340 e. The highest BCUT2D eigenvalue weighted by Crippen LogP contribution is 2.24. The van der Waals surface area contributed by atoms with Gasteiger partial charge in [-0.15, -0.1) is 0 Å². The Hall–Kier alpha value is -2.83. The molecule has 7 nitrogen and oxygen atoms in total. The van der Waals surface area contributed by atoms with Gasteiger partial charge in [0.1, 0.15) is 17.4 Å². The fourth-order valence-electron chi connectivity index (χ4n) is 2.45. The Balaban J connectivity index is 2.34. The fourth-order valence-corrected chi connectivity index (χ4v) is 2.45. The van der Waals surface area contributed by atoms with Crippen molar-refractivity contribution in [1.29, 1.82) is 0 Å². The molecule has 0 aliphatic heterocycles. The van der Waals surface area contributed by atoms with Gasteiger partial charge in [0.2, 0.25) is 5.91 Å². The van der Waals surface area contributed by atoms with E-state index in [4.69, 9.17) is 14.3 Å². The number of carbonyl (C=O) groups excluding carboxylic acids is 1. The van der Waals surface area contributed by atoms with Crippen LogP contribution in [0.4, 0.5) is 0 Å². The van der Waals surface area contributed by atoms with Crippen molar-refractivity contribution in [2.24, 2.45) is 0 Å². The van der Waals surface area contributed by atoms with Crippen LogP contribution in [0.5, 0.6) is 5.75 Å². The summed E-state index contributed by atoms with van der Waals surface area (Å²) in [7, 11) is 1.51. The second-order valence-corrected chi connectivity index (χ2v) is 5.40. The summed E-state index contributed by atoms with van der Waals surface area (Å²) in [6, 6.07) is 4.11. The lowest BCUT2D eigenvalue weighted by Gasteiger charge is -2.13. The van der Waals surface area contributed by atoms with Crippen LogP contribution in [0.25, 0.3) is 11.0 Å². The van der Waals surface area contributed by atoms with E-state index in [1.807, 2.05) is 0 Å². The van der Waals surface area contributed by atoms with Crippen molar-refractivity contribution >= 4 is 22.8 Å². The van der Waals surface area contributed by atoms with Gasteiger partial charge in [-0.25, -0.2) is 9.59 Å². The molecular weight excluding hydrogens is 314 g/mol. The summed E-state index contributed by atoms with van der Waals surface area (Å²) >= 11 is 0. The molecule has 1 heterocycles. The van der Waals surface area contributed by atoms with Gasteiger partial charge >= 0.3 is 11.6 Å². The molecule has 0 bridgehead atoms. The normalized spacial score (nSPS) is 12.0. The molecular formula is C17H19NO6. The van der Waals surface area contributed by atoms with E-state index in [1.54, 1.807) is 32.0 Å². The lowest BCUT2D eigenvalue weighted by atomic mass is 10.0. The molecule has 0 spiro atoms. The standard InChI is InChI=1S/C17H19NO6/c1-4-13(16(20)21)18-15(19)8-12-9(2)11-6-5-10(23-3)7-14(11)24-17(12)22/h5-7,13H,4,8H2,1-3H3,(H,18,19)(H,20,21)/t13-/m0/s1. The molecule has 1 aromatic carbocycles. The first-order valence-electron chi connectivity index (χ1n) is 7.49. The predicted molar refractivity (Wildman–Crippen MR) is 87.3 cm³/mol. The van der Waals surface area contributed by atoms with Crippen molar-refractivity contribution in [3.05, 3.63) is 39.7 Å². The quantitative estimate of drug-likeness (QED) is 0.778. The van der Waals surface area contributed by atoms with Gasteiger partial charge in [-0.05, 0) is 31.0 Å². The molecule has 2 aromatic rings. The van der Waals surface area contributed by atoms with Gasteiger partial charge in [0.05, 0.1) is 19.1 Å². The zero-order valence-electron chi connectivity index (χ0n) is 13.7. The number of rotatable bonds is 6. The van der Waals surface area contributed by atoms with E-state index in [0.29, 0.717) is 22.3 Å². The number of carboxylic acid groups (broad SMARTS) is 1. The van der Waals surface area contributed by atoms with E-state index in [1.165, 1.54) is 7.11 Å². The molecule has 2 rings (SSSR count). The lowest BCUT2D eigenvalue weighted by Crippen LogP contribution is -2.41. The van der Waals surface area contributed by atoms with Gasteiger partial charge in [0.25, 0.3) is 0 Å². The Morgan fingerprint density at radius 3 is 2.67 bits per heavy atom. The number of aryl methyl sites for hydroxylation is 1. The third-order valence-electron chi connectivity index (χ3n) is 3.87. The Labute approximate surface area is 138 Å². The second-order valence-electron chi connectivity index (χ2n) is 5.40. The molecule has 0 saturated carbocycles. The van der Waals surface area contributed by atoms with Crippen LogP contribution >= 0.6 is 0 Å². The van der Waals surface area contributed by atoms with Gasteiger partial charge in [0, 0.05) is 11.5 Å². The number of hydrogen-bond donors (Lipinski definition) is 2. The van der Waals surface area contributed by atoms with Crippen molar-refractivity contribution in [1.82, 2.24) is 5.32 Å². The van der Waals surface area contributed by atoms with Crippen LogP contribution < -0.4 is 15.7 Å². The van der Waals surface area contributed by atoms with Crippen LogP contribution in [0.1, 0.15) is 24.5 Å². The summed E-state index contributed by atoms with van der Waals surface area (Å²) in [4.78, 5) is 35.2. The number of methoxy groups -OCH3 is 1. The smallest absolute Gasteiger partial charge is 0.340 e. The number of ether oxygens (including phenoxy) is 1. The Kier molecular flexibility index (Phi) is 5.23. The number of aliphatic carboxylic acids is 1. The van der Waals surface area contributed by atoms with Crippen LogP contribution in [0, 0.1) is 6.92 Å². The maximum absolute atomic E-state index is 12.2. The topological polar surface area (TPSA) is 106 Å². The number of amides is 1. The number of carboxylic acids is 1. The molecule has 0 aliphatic carbocycles. The summed E-state index contributed by atoms with van der Waals surface area (Å²) in [5.41, 5.74) is 0.595. The highest BCUT2D eigenvalue weighted by atomic mass is 16.5. The first-order chi connectivity index (χ1) is 11.4. The Morgan fingerprint density at radius 1 is 1.38 bits per heavy atom. The number of carbonyl (C=O) groups is 2. The van der Waals surface area contributed by atoms with E-state index in [0.717, 1.165) is 0 Å². The summed E-state index contributed by atoms with van der Waals surface area (Å²) < 4.78 is 10.4. The first kappa shape index (κ1) is 17.5. The van der Waals surface area contributed by atoms with Gasteiger partial charge in [-0.1, -0.05) is 6.92 Å². The van der Waals surface area contributed by atoms with Crippen molar-refractivity contribution in [2.75, 3.05) is 7.11 Å². The van der Waals surface area contributed by atoms with Gasteiger partial charge in [-0.2, -0.15) is 0 Å². The minimum absolute atomic E-state index is 0.213. The predicted octanol–water partition coefficient (Wildman–Crippen LogP) is 1.63. The Morgan fingerprint density at radius 2 is 2.08 bits per heavy atom. The molecule has 1 aromatic heterocycles. The zero-order chi connectivity index (χ0) is 17.9. The van der Waals surface area contributed by atoms with Crippen LogP contribution in [-0.4, -0.2) is 30.1 Å². The van der Waals surface area contributed by atoms with Gasteiger partial charge in [0.15, 0.2) is 0 Å². The van der Waals surface area contributed by atoms with Crippen LogP contribution in [0.15, 0.2) is 27.4 Å². The number of fused-ring (bicyclic) bond motifs is 1. The molecule has 0 fully saturated rings. The van der Waals surface area contributed by atoms with Crippen molar-refractivity contribution in [2.45, 2.75) is 32.7 Å². The molecule has 24 heavy (non-hydrogen) atoms. The highest BCUT2D eigenvalue weighted by Gasteiger charge is 2.20. The van der Waals surface area contributed by atoms with Crippen LogP contribution in [0.2, 0.25) is 0 Å². The maximum atomic E-state index is 12.2. The molecule has 1 amide bonds. The second kappa shape index (κ2) is 7.16. The average Bonchev–Trinajstić information content (AvgIpc) is 2.55. The summed E-state index contributed by atoms with van der Waals surface area (Å²) in [5, 5.41) is 12.1. The van der Waals surface area contributed by atoms with Crippen LogP contribution in [-0.2, 0) is 16.0 Å². The van der Waals surface area contributed by atoms with Gasteiger partial charge in [-0.3, -0.25) is 4.79 Å². The van der Waals surface area contributed by atoms with E-state index < -0.39 is 23.5 Å². The minimum Gasteiger partial charge on any atom is -0.497 e. The zero-order valence-corrected chi connectivity index (χ0v) is 13.7. The van der Waals surface area contributed by atoms with Gasteiger partial charge < -0.3 is 19.6 Å². The van der Waals surface area contributed by atoms with Crippen molar-refractivity contribution in [3.8, 4) is 5.75 Å². The molecule has 0 saturated heterocycles. The van der Waals surface area contributed by atoms with Crippen molar-refractivity contribution in [3.63, 3.8) is 0 Å². The third-order valence-corrected chi connectivity index (χ3v) is 3.87. The van der Waals surface area contributed by atoms with E-state index in [-0.39, 0.29) is 18.4 Å². The van der Waals surface area contributed by atoms with Crippen molar-refractivity contribution < 1.29 is 23.8 Å². The van der Waals surface area contributed by atoms with E-state index in [9.17, 15) is 14.4 Å². The average molecular weight is 333 g/mol. The molecule has 0 radical (unpaired) electrons. The molecule has 7 heteroatoms. The fraction of sp³-hybridized carbons (Fsp3) is 0.353. The first-order valence-corrected chi connectivity index (χ1v) is 7.49. The Bertz CT molecular complexity index is 839. The minimum atomic E-state index is -1.11. The highest BCUT2D eigenvalue weighted by molar-refractivity contribution is 5.87. The molecule has 128 valence electrons. The summed E-state index contributed by atoms with van der Waals surface area (Å²) in [6.45, 7) is 3.38. The number of nitrogens with one attached hydrogen (secondary N) is 1. The largest absolute Gasteiger partial charge is 0.497 e. The number of hydrogen-bond acceptors (Lipinski definition) is 5. The monoisotopic (exact) mass is 333 g/mol. The molecule has 0 aliphatic rings. The van der Waals surface area contributed by atoms with Crippen LogP contribution in [0.3, 0.4) is 0 Å². The number of benzene rings is 1. The summed E-state index contributed by atoms with van der Waals surface area (Å²) in [6.07, 6.45) is 0.0199. The summed E-state index contributed by atoms with van der Waals surface area (Å²) in [5.74, 6) is -1.09. The molecule has 0 unspecified atom stereocenters. The molecule has 2 N–H and O–H groups in total. The third kappa shape index (κ3) is 3.56. The lowest BCUT2D eigenvalue weighted by molar-refractivity contribution is -0.141. The van der Waals surface area contributed by atoms with E-state index in [2.05, 4.69) is 5.32 Å². The van der Waals surface area contributed by atoms with E-state index >= 15 is 0 Å². The molecule has 1 atom stereocenters.